The molecule has 0 spiro atoms. The monoisotopic (exact) mass is 331 g/mol. The summed E-state index contributed by atoms with van der Waals surface area (Å²) in [5, 5.41) is 14.1. The van der Waals surface area contributed by atoms with Gasteiger partial charge in [0.05, 0.1) is 4.92 Å². The van der Waals surface area contributed by atoms with Crippen LogP contribution >= 0.6 is 12.4 Å². The minimum absolute atomic E-state index is 0. The minimum atomic E-state index is -0.651. The summed E-state index contributed by atoms with van der Waals surface area (Å²) >= 11 is 0. The predicted molar refractivity (Wildman–Crippen MR) is 82.9 cm³/mol. The van der Waals surface area contributed by atoms with Gasteiger partial charge in [-0.2, -0.15) is 0 Å². The SMILES string of the molecule is CNCC1CCCN(C(=O)c2cc(F)ccc2[N+](=O)[O-])C1.Cl. The van der Waals surface area contributed by atoms with E-state index in [1.807, 2.05) is 7.05 Å². The highest BCUT2D eigenvalue weighted by Gasteiger charge is 2.29. The Hall–Kier alpha value is -1.73. The minimum Gasteiger partial charge on any atom is -0.338 e. The van der Waals surface area contributed by atoms with Crippen molar-refractivity contribution in [2.75, 3.05) is 26.7 Å². The van der Waals surface area contributed by atoms with Gasteiger partial charge in [0.1, 0.15) is 11.4 Å². The number of nitrogens with one attached hydrogen (secondary N) is 1. The van der Waals surface area contributed by atoms with Gasteiger partial charge in [0.15, 0.2) is 0 Å². The van der Waals surface area contributed by atoms with Crippen LogP contribution in [0, 0.1) is 21.8 Å². The Bertz CT molecular complexity index is 554. The Morgan fingerprint density at radius 3 is 2.91 bits per heavy atom. The molecule has 1 saturated heterocycles. The van der Waals surface area contributed by atoms with Gasteiger partial charge in [0.25, 0.3) is 11.6 Å². The molecule has 0 aromatic heterocycles. The second kappa shape index (κ2) is 8.05. The smallest absolute Gasteiger partial charge is 0.282 e. The fourth-order valence-electron chi connectivity index (χ4n) is 2.71. The number of likely N-dealkylation sites (tertiary alicyclic amines) is 1. The number of amides is 1. The van der Waals surface area contributed by atoms with E-state index in [9.17, 15) is 19.3 Å². The van der Waals surface area contributed by atoms with Crippen LogP contribution in [0.1, 0.15) is 23.2 Å². The molecule has 1 aromatic rings. The van der Waals surface area contributed by atoms with E-state index < -0.39 is 16.6 Å². The number of nitro groups is 1. The van der Waals surface area contributed by atoms with E-state index in [4.69, 9.17) is 0 Å². The molecule has 0 bridgehead atoms. The molecule has 1 amide bonds. The number of halogens is 2. The first-order valence-electron chi connectivity index (χ1n) is 6.90. The van der Waals surface area contributed by atoms with Gasteiger partial charge in [-0.3, -0.25) is 14.9 Å². The summed E-state index contributed by atoms with van der Waals surface area (Å²) in [6.45, 7) is 1.87. The zero-order valence-electron chi connectivity index (χ0n) is 12.3. The molecule has 0 saturated carbocycles. The third-order valence-corrected chi connectivity index (χ3v) is 3.68. The fourth-order valence-corrected chi connectivity index (χ4v) is 2.71. The summed E-state index contributed by atoms with van der Waals surface area (Å²) in [5.41, 5.74) is -0.526. The Morgan fingerprint density at radius 1 is 1.55 bits per heavy atom. The Labute approximate surface area is 134 Å². The molecule has 1 atom stereocenters. The molecule has 1 heterocycles. The van der Waals surface area contributed by atoms with E-state index in [1.54, 1.807) is 4.90 Å². The van der Waals surface area contributed by atoms with Crippen LogP contribution in [0.2, 0.25) is 0 Å². The number of carbonyl (C=O) groups excluding carboxylic acids is 1. The third kappa shape index (κ3) is 4.14. The summed E-state index contributed by atoms with van der Waals surface area (Å²) in [6, 6.07) is 2.98. The van der Waals surface area contributed by atoms with Crippen molar-refractivity contribution in [2.45, 2.75) is 12.8 Å². The van der Waals surface area contributed by atoms with Crippen molar-refractivity contribution in [1.29, 1.82) is 0 Å². The largest absolute Gasteiger partial charge is 0.338 e. The standard InChI is InChI=1S/C14H18FN3O3.ClH/c1-16-8-10-3-2-6-17(9-10)14(19)12-7-11(15)4-5-13(12)18(20)21;/h4-5,7,10,16H,2-3,6,8-9H2,1H3;1H. The second-order valence-corrected chi connectivity index (χ2v) is 5.24. The van der Waals surface area contributed by atoms with Crippen molar-refractivity contribution in [3.8, 4) is 0 Å². The van der Waals surface area contributed by atoms with Crippen molar-refractivity contribution >= 4 is 24.0 Å². The molecule has 1 aromatic carbocycles. The molecule has 1 unspecified atom stereocenters. The maximum Gasteiger partial charge on any atom is 0.282 e. The highest BCUT2D eigenvalue weighted by Crippen LogP contribution is 2.24. The predicted octanol–water partition coefficient (Wildman–Crippen LogP) is 2.23. The van der Waals surface area contributed by atoms with Gasteiger partial charge in [-0.25, -0.2) is 4.39 Å². The first-order chi connectivity index (χ1) is 10.0. The first kappa shape index (κ1) is 18.3. The molecule has 1 aliphatic rings. The van der Waals surface area contributed by atoms with Crippen LogP contribution in [0.4, 0.5) is 10.1 Å². The maximum atomic E-state index is 13.3. The van der Waals surface area contributed by atoms with E-state index in [1.165, 1.54) is 0 Å². The van der Waals surface area contributed by atoms with Crippen LogP contribution < -0.4 is 5.32 Å². The number of carbonyl (C=O) groups is 1. The summed E-state index contributed by atoms with van der Waals surface area (Å²) in [5.74, 6) is -0.796. The van der Waals surface area contributed by atoms with E-state index in [0.29, 0.717) is 19.0 Å². The molecular weight excluding hydrogens is 313 g/mol. The summed E-state index contributed by atoms with van der Waals surface area (Å²) < 4.78 is 13.3. The van der Waals surface area contributed by atoms with E-state index in [2.05, 4.69) is 5.32 Å². The van der Waals surface area contributed by atoms with Crippen molar-refractivity contribution in [1.82, 2.24) is 10.2 Å². The summed E-state index contributed by atoms with van der Waals surface area (Å²) in [7, 11) is 1.85. The molecule has 8 heteroatoms. The molecule has 122 valence electrons. The van der Waals surface area contributed by atoms with Crippen molar-refractivity contribution in [3.05, 3.63) is 39.7 Å². The van der Waals surface area contributed by atoms with Crippen molar-refractivity contribution < 1.29 is 14.1 Å². The number of rotatable bonds is 4. The fraction of sp³-hybridized carbons (Fsp3) is 0.500. The topological polar surface area (TPSA) is 75.5 Å². The van der Waals surface area contributed by atoms with E-state index >= 15 is 0 Å². The normalized spacial score (nSPS) is 17.7. The molecule has 22 heavy (non-hydrogen) atoms. The molecule has 1 N–H and O–H groups in total. The van der Waals surface area contributed by atoms with Gasteiger partial charge in [0.2, 0.25) is 0 Å². The van der Waals surface area contributed by atoms with Crippen molar-refractivity contribution in [2.24, 2.45) is 5.92 Å². The van der Waals surface area contributed by atoms with Gasteiger partial charge >= 0.3 is 0 Å². The molecule has 0 radical (unpaired) electrons. The summed E-state index contributed by atoms with van der Waals surface area (Å²) in [4.78, 5) is 24.4. The number of piperidine rings is 1. The number of nitro benzene ring substituents is 1. The lowest BCUT2D eigenvalue weighted by atomic mass is 9.97. The highest BCUT2D eigenvalue weighted by molar-refractivity contribution is 5.98. The average Bonchev–Trinajstić information content (AvgIpc) is 2.46. The third-order valence-electron chi connectivity index (χ3n) is 3.68. The van der Waals surface area contributed by atoms with Gasteiger partial charge in [0, 0.05) is 19.2 Å². The molecule has 0 aliphatic carbocycles. The lowest BCUT2D eigenvalue weighted by Gasteiger charge is -2.32. The first-order valence-corrected chi connectivity index (χ1v) is 6.90. The van der Waals surface area contributed by atoms with Crippen molar-refractivity contribution in [3.63, 3.8) is 0 Å². The molecular formula is C14H19ClFN3O3. The zero-order chi connectivity index (χ0) is 15.4. The zero-order valence-corrected chi connectivity index (χ0v) is 13.1. The molecule has 2 rings (SSSR count). The van der Waals surface area contributed by atoms with Crippen LogP contribution in [0.5, 0.6) is 0 Å². The highest BCUT2D eigenvalue weighted by atomic mass is 35.5. The van der Waals surface area contributed by atoms with Gasteiger partial charge in [-0.15, -0.1) is 12.4 Å². The lowest BCUT2D eigenvalue weighted by molar-refractivity contribution is -0.385. The van der Waals surface area contributed by atoms with Gasteiger partial charge in [-0.1, -0.05) is 0 Å². The molecule has 1 aliphatic heterocycles. The van der Waals surface area contributed by atoms with Crippen LogP contribution in [0.3, 0.4) is 0 Å². The number of benzene rings is 1. The quantitative estimate of drug-likeness (QED) is 0.678. The number of hydrogen-bond donors (Lipinski definition) is 1. The maximum absolute atomic E-state index is 13.3. The number of hydrogen-bond acceptors (Lipinski definition) is 4. The summed E-state index contributed by atoms with van der Waals surface area (Å²) in [6.07, 6.45) is 1.86. The second-order valence-electron chi connectivity index (χ2n) is 5.24. The van der Waals surface area contributed by atoms with Gasteiger partial charge in [-0.05, 0) is 44.5 Å². The van der Waals surface area contributed by atoms with E-state index in [-0.39, 0.29) is 23.7 Å². The van der Waals surface area contributed by atoms with Crippen LogP contribution in [-0.2, 0) is 0 Å². The average molecular weight is 332 g/mol. The van der Waals surface area contributed by atoms with Crippen LogP contribution in [-0.4, -0.2) is 42.4 Å². The Balaban J connectivity index is 0.00000242. The lowest BCUT2D eigenvalue weighted by Crippen LogP contribution is -2.42. The molecule has 1 fully saturated rings. The Kier molecular flexibility index (Phi) is 6.70. The Morgan fingerprint density at radius 2 is 2.27 bits per heavy atom. The van der Waals surface area contributed by atoms with Gasteiger partial charge < -0.3 is 10.2 Å². The molecule has 6 nitrogen and oxygen atoms in total. The number of nitrogens with zero attached hydrogens (tertiary/aromatic N) is 2. The van der Waals surface area contributed by atoms with Crippen LogP contribution in [0.15, 0.2) is 18.2 Å². The van der Waals surface area contributed by atoms with E-state index in [0.717, 1.165) is 37.6 Å². The van der Waals surface area contributed by atoms with Crippen LogP contribution in [0.25, 0.3) is 0 Å².